The summed E-state index contributed by atoms with van der Waals surface area (Å²) in [4.78, 5) is 28.9. The minimum atomic E-state index is -0.714. The number of carbonyl (C=O) groups is 2. The Morgan fingerprint density at radius 1 is 1.00 bits per heavy atom. The van der Waals surface area contributed by atoms with E-state index in [4.69, 9.17) is 4.74 Å². The van der Waals surface area contributed by atoms with E-state index in [0.717, 1.165) is 10.0 Å². The van der Waals surface area contributed by atoms with Crippen LogP contribution in [0.25, 0.3) is 0 Å². The fourth-order valence-electron chi connectivity index (χ4n) is 2.34. The van der Waals surface area contributed by atoms with Gasteiger partial charge in [0.1, 0.15) is 11.3 Å². The van der Waals surface area contributed by atoms with Crippen molar-refractivity contribution in [3.05, 3.63) is 58.3 Å². The number of carbonyl (C=O) groups excluding carboxylic acids is 2. The number of halogens is 1. The number of hydrogen-bond donors (Lipinski definition) is 1. The average Bonchev–Trinajstić information content (AvgIpc) is 2.53. The molecule has 0 aliphatic carbocycles. The van der Waals surface area contributed by atoms with Gasteiger partial charge in [-0.05, 0) is 64.4 Å². The molecule has 1 heterocycles. The third-order valence-corrected chi connectivity index (χ3v) is 4.30. The van der Waals surface area contributed by atoms with E-state index in [2.05, 4.69) is 26.2 Å². The predicted octanol–water partition coefficient (Wildman–Crippen LogP) is 5.35. The normalized spacial score (nSPS) is 11.8. The summed E-state index contributed by atoms with van der Waals surface area (Å²) in [5, 5.41) is 2.60. The second kappa shape index (κ2) is 7.58. The number of rotatable bonds is 4. The first kappa shape index (κ1) is 20.1. The van der Waals surface area contributed by atoms with Crippen molar-refractivity contribution in [2.75, 3.05) is 5.32 Å². The van der Waals surface area contributed by atoms with Crippen molar-refractivity contribution in [2.45, 2.75) is 45.6 Å². The number of ether oxygens (including phenoxy) is 1. The summed E-state index contributed by atoms with van der Waals surface area (Å²) < 4.78 is 6.15. The van der Waals surface area contributed by atoms with Crippen LogP contribution >= 0.6 is 15.9 Å². The fraction of sp³-hybridized carbons (Fsp3) is 0.350. The number of nitrogens with one attached hydrogen (secondary N) is 1. The Morgan fingerprint density at radius 3 is 2.12 bits per heavy atom. The molecule has 0 atom stereocenters. The zero-order chi connectivity index (χ0) is 19.5. The minimum absolute atomic E-state index is 0.0939. The Balaban J connectivity index is 2.13. The highest BCUT2D eigenvalue weighted by atomic mass is 79.9. The van der Waals surface area contributed by atoms with Gasteiger partial charge < -0.3 is 4.74 Å². The largest absolute Gasteiger partial charge is 0.444 e. The van der Waals surface area contributed by atoms with Gasteiger partial charge in [0.25, 0.3) is 0 Å². The lowest BCUT2D eigenvalue weighted by atomic mass is 9.79. The molecular weight excluding hydrogens is 396 g/mol. The maximum absolute atomic E-state index is 12.9. The van der Waals surface area contributed by atoms with Crippen molar-refractivity contribution in [3.63, 3.8) is 0 Å². The molecule has 2 rings (SSSR count). The minimum Gasteiger partial charge on any atom is -0.444 e. The Bertz CT molecular complexity index is 791. The number of pyridine rings is 1. The molecule has 26 heavy (non-hydrogen) atoms. The summed E-state index contributed by atoms with van der Waals surface area (Å²) in [5.41, 5.74) is 0.420. The zero-order valence-corrected chi connectivity index (χ0v) is 17.2. The highest BCUT2D eigenvalue weighted by molar-refractivity contribution is 9.10. The van der Waals surface area contributed by atoms with E-state index < -0.39 is 17.1 Å². The predicted molar refractivity (Wildman–Crippen MR) is 106 cm³/mol. The molecule has 2 aromatic rings. The molecule has 0 saturated heterocycles. The molecule has 1 amide bonds. The second-order valence-corrected chi connectivity index (χ2v) is 8.44. The molecule has 5 nitrogen and oxygen atoms in total. The van der Waals surface area contributed by atoms with E-state index in [0.29, 0.717) is 11.4 Å². The zero-order valence-electron chi connectivity index (χ0n) is 15.6. The standard InChI is InChI=1S/C20H23BrN2O3/c1-19(2,3)26-18(25)23-15-10-11-16(22-12-15)17(24)20(4,5)13-6-8-14(21)9-7-13/h6-12H,1-5H3,(H,23,25). The molecule has 6 heteroatoms. The lowest BCUT2D eigenvalue weighted by Gasteiger charge is -2.23. The third-order valence-electron chi connectivity index (χ3n) is 3.77. The van der Waals surface area contributed by atoms with Crippen LogP contribution in [-0.2, 0) is 10.2 Å². The van der Waals surface area contributed by atoms with Crippen LogP contribution in [0, 0.1) is 0 Å². The lowest BCUT2D eigenvalue weighted by Crippen LogP contribution is -2.30. The molecule has 0 unspecified atom stereocenters. The van der Waals surface area contributed by atoms with Crippen LogP contribution in [0.1, 0.15) is 50.7 Å². The molecule has 1 N–H and O–H groups in total. The number of amides is 1. The number of Topliss-reactive ketones (excluding diaryl/α,β-unsaturated/α-hetero) is 1. The van der Waals surface area contributed by atoms with Gasteiger partial charge in [0.2, 0.25) is 0 Å². The van der Waals surface area contributed by atoms with Crippen LogP contribution in [0.5, 0.6) is 0 Å². The van der Waals surface area contributed by atoms with Gasteiger partial charge in [-0.15, -0.1) is 0 Å². The van der Waals surface area contributed by atoms with Crippen molar-refractivity contribution < 1.29 is 14.3 Å². The molecule has 0 spiro atoms. The van der Waals surface area contributed by atoms with Crippen LogP contribution in [0.3, 0.4) is 0 Å². The molecule has 0 aliphatic rings. The number of nitrogens with zero attached hydrogens (tertiary/aromatic N) is 1. The Labute approximate surface area is 162 Å². The molecule has 0 bridgehead atoms. The molecule has 1 aromatic carbocycles. The van der Waals surface area contributed by atoms with E-state index >= 15 is 0 Å². The third kappa shape index (κ3) is 5.14. The summed E-state index contributed by atoms with van der Waals surface area (Å²) in [5.74, 6) is -0.0939. The van der Waals surface area contributed by atoms with Crippen LogP contribution in [0.15, 0.2) is 47.1 Å². The van der Waals surface area contributed by atoms with Gasteiger partial charge in [-0.25, -0.2) is 4.79 Å². The number of ketones is 1. The van der Waals surface area contributed by atoms with E-state index in [1.165, 1.54) is 6.20 Å². The van der Waals surface area contributed by atoms with Crippen LogP contribution in [0.2, 0.25) is 0 Å². The van der Waals surface area contributed by atoms with Gasteiger partial charge in [-0.3, -0.25) is 15.1 Å². The van der Waals surface area contributed by atoms with E-state index in [-0.39, 0.29) is 5.78 Å². The number of hydrogen-bond acceptors (Lipinski definition) is 4. The van der Waals surface area contributed by atoms with Gasteiger partial charge in [-0.1, -0.05) is 28.1 Å². The Morgan fingerprint density at radius 2 is 1.62 bits per heavy atom. The summed E-state index contributed by atoms with van der Waals surface area (Å²) in [6.07, 6.45) is 0.892. The first-order valence-electron chi connectivity index (χ1n) is 8.26. The monoisotopic (exact) mass is 418 g/mol. The molecule has 138 valence electrons. The molecular formula is C20H23BrN2O3. The Kier molecular flexibility index (Phi) is 5.86. The maximum Gasteiger partial charge on any atom is 0.412 e. The summed E-state index contributed by atoms with van der Waals surface area (Å²) in [6, 6.07) is 10.9. The van der Waals surface area contributed by atoms with Crippen molar-refractivity contribution >= 4 is 33.5 Å². The lowest BCUT2D eigenvalue weighted by molar-refractivity contribution is 0.0635. The second-order valence-electron chi connectivity index (χ2n) is 7.52. The molecule has 0 fully saturated rings. The summed E-state index contributed by atoms with van der Waals surface area (Å²) in [6.45, 7) is 9.10. The van der Waals surface area contributed by atoms with Crippen molar-refractivity contribution in [2.24, 2.45) is 0 Å². The van der Waals surface area contributed by atoms with Gasteiger partial charge in [0.15, 0.2) is 5.78 Å². The van der Waals surface area contributed by atoms with Crippen LogP contribution < -0.4 is 5.32 Å². The van der Waals surface area contributed by atoms with Gasteiger partial charge >= 0.3 is 6.09 Å². The smallest absolute Gasteiger partial charge is 0.412 e. The van der Waals surface area contributed by atoms with Crippen LogP contribution in [-0.4, -0.2) is 22.5 Å². The molecule has 0 radical (unpaired) electrons. The number of anilines is 1. The first-order valence-corrected chi connectivity index (χ1v) is 9.05. The topological polar surface area (TPSA) is 68.3 Å². The number of aromatic nitrogens is 1. The van der Waals surface area contributed by atoms with Crippen LogP contribution in [0.4, 0.5) is 10.5 Å². The highest BCUT2D eigenvalue weighted by Crippen LogP contribution is 2.28. The van der Waals surface area contributed by atoms with E-state index in [1.54, 1.807) is 32.9 Å². The van der Waals surface area contributed by atoms with Gasteiger partial charge in [0.05, 0.1) is 17.3 Å². The van der Waals surface area contributed by atoms with Crippen molar-refractivity contribution in [3.8, 4) is 0 Å². The molecule has 0 aliphatic heterocycles. The first-order chi connectivity index (χ1) is 12.0. The summed E-state index contributed by atoms with van der Waals surface area (Å²) >= 11 is 3.40. The SMILES string of the molecule is CC(C)(C)OC(=O)Nc1ccc(C(=O)C(C)(C)c2ccc(Br)cc2)nc1. The van der Waals surface area contributed by atoms with Crippen molar-refractivity contribution in [1.29, 1.82) is 0 Å². The summed E-state index contributed by atoms with van der Waals surface area (Å²) in [7, 11) is 0. The van der Waals surface area contributed by atoms with Gasteiger partial charge in [-0.2, -0.15) is 0 Å². The number of benzene rings is 1. The Hall–Kier alpha value is -2.21. The fourth-order valence-corrected chi connectivity index (χ4v) is 2.61. The van der Waals surface area contributed by atoms with E-state index in [9.17, 15) is 9.59 Å². The van der Waals surface area contributed by atoms with E-state index in [1.807, 2.05) is 38.1 Å². The maximum atomic E-state index is 12.9. The quantitative estimate of drug-likeness (QED) is 0.679. The molecule has 1 aromatic heterocycles. The molecule has 0 saturated carbocycles. The van der Waals surface area contributed by atoms with Gasteiger partial charge in [0, 0.05) is 4.47 Å². The van der Waals surface area contributed by atoms with Crippen molar-refractivity contribution in [1.82, 2.24) is 4.98 Å². The average molecular weight is 419 g/mol. The highest BCUT2D eigenvalue weighted by Gasteiger charge is 2.31.